The monoisotopic (exact) mass is 270 g/mol. The van der Waals surface area contributed by atoms with Crippen molar-refractivity contribution in [1.82, 2.24) is 0 Å². The quantitative estimate of drug-likeness (QED) is 0.582. The van der Waals surface area contributed by atoms with Gasteiger partial charge >= 0.3 is 0 Å². The van der Waals surface area contributed by atoms with E-state index >= 15 is 0 Å². The molecule has 95 valence electrons. The van der Waals surface area contributed by atoms with Crippen molar-refractivity contribution in [1.29, 1.82) is 0 Å². The van der Waals surface area contributed by atoms with E-state index in [1.165, 1.54) is 0 Å². The molecule has 0 aliphatic carbocycles. The molecule has 1 radical (unpaired) electrons. The normalized spacial score (nSPS) is 10.6. The van der Waals surface area contributed by atoms with Gasteiger partial charge in [0.15, 0.2) is 0 Å². The van der Waals surface area contributed by atoms with Crippen LogP contribution in [0.15, 0.2) is 60.3 Å². The summed E-state index contributed by atoms with van der Waals surface area (Å²) in [4.78, 5) is 5.18. The Hall–Kier alpha value is -2.06. The second kappa shape index (κ2) is 6.76. The maximum Gasteiger partial charge on any atom is 0.142 e. The molecule has 0 heterocycles. The summed E-state index contributed by atoms with van der Waals surface area (Å²) in [5, 5.41) is 4.44. The summed E-state index contributed by atoms with van der Waals surface area (Å²) in [6.07, 6.45) is 4.58. The molecule has 2 nitrogen and oxygen atoms in total. The minimum absolute atomic E-state index is 0.408. The molecule has 0 N–H and O–H groups in total. The van der Waals surface area contributed by atoms with Crippen LogP contribution in [0.1, 0.15) is 16.7 Å². The van der Waals surface area contributed by atoms with E-state index in [4.69, 9.17) is 16.4 Å². The number of rotatable bonds is 5. The third-order valence-electron chi connectivity index (χ3n) is 2.51. The Labute approximate surface area is 118 Å². The summed E-state index contributed by atoms with van der Waals surface area (Å²) in [5.74, 6) is 0. The van der Waals surface area contributed by atoms with E-state index in [1.54, 1.807) is 18.2 Å². The van der Waals surface area contributed by atoms with Crippen LogP contribution in [0.5, 0.6) is 0 Å². The number of nitrogens with zero attached hydrogens (tertiary/aromatic N) is 1. The van der Waals surface area contributed by atoms with Gasteiger partial charge in [-0.25, -0.2) is 0 Å². The Balaban J connectivity index is 1.87. The Bertz CT molecular complexity index is 576. The van der Waals surface area contributed by atoms with Crippen LogP contribution in [-0.4, -0.2) is 6.21 Å². The van der Waals surface area contributed by atoms with Crippen LogP contribution in [0.25, 0.3) is 6.08 Å². The smallest absolute Gasteiger partial charge is 0.142 e. The third-order valence-corrected chi connectivity index (χ3v) is 2.75. The van der Waals surface area contributed by atoms with Crippen molar-refractivity contribution in [2.75, 3.05) is 0 Å². The lowest BCUT2D eigenvalue weighted by atomic mass is 10.1. The summed E-state index contributed by atoms with van der Waals surface area (Å²) in [7, 11) is 0. The molecule has 0 saturated heterocycles. The van der Waals surface area contributed by atoms with Crippen molar-refractivity contribution in [3.05, 3.63) is 76.8 Å². The fourth-order valence-corrected chi connectivity index (χ4v) is 1.69. The first-order chi connectivity index (χ1) is 9.28. The maximum atomic E-state index is 5.85. The van der Waals surface area contributed by atoms with Crippen LogP contribution < -0.4 is 0 Å². The van der Waals surface area contributed by atoms with Crippen LogP contribution in [-0.2, 0) is 11.4 Å². The van der Waals surface area contributed by atoms with Gasteiger partial charge in [0.2, 0.25) is 0 Å². The SMILES string of the molecule is C=Cc1ccc(CO/N=[C]\c2cccc(Cl)c2)cc1. The van der Waals surface area contributed by atoms with Gasteiger partial charge in [-0.2, -0.15) is 0 Å². The number of halogens is 1. The summed E-state index contributed by atoms with van der Waals surface area (Å²) in [5.41, 5.74) is 2.91. The van der Waals surface area contributed by atoms with Crippen LogP contribution in [0.4, 0.5) is 0 Å². The number of benzene rings is 2. The van der Waals surface area contributed by atoms with Crippen LogP contribution in [0, 0.1) is 0 Å². The van der Waals surface area contributed by atoms with Gasteiger partial charge in [0.1, 0.15) is 12.8 Å². The van der Waals surface area contributed by atoms with E-state index < -0.39 is 0 Å². The predicted octanol–water partition coefficient (Wildman–Crippen LogP) is 4.41. The van der Waals surface area contributed by atoms with Gasteiger partial charge in [-0.05, 0) is 23.3 Å². The van der Waals surface area contributed by atoms with Crippen molar-refractivity contribution in [2.24, 2.45) is 5.16 Å². The molecular weight excluding hydrogens is 258 g/mol. The second-order valence-corrected chi connectivity index (χ2v) is 4.37. The fraction of sp³-hybridized carbons (Fsp3) is 0.0625. The maximum absolute atomic E-state index is 5.85. The van der Waals surface area contributed by atoms with E-state index in [0.29, 0.717) is 11.6 Å². The van der Waals surface area contributed by atoms with Gasteiger partial charge in [-0.1, -0.05) is 65.8 Å². The van der Waals surface area contributed by atoms with Gasteiger partial charge in [0.05, 0.1) is 0 Å². The molecule has 0 unspecified atom stereocenters. The third kappa shape index (κ3) is 4.27. The summed E-state index contributed by atoms with van der Waals surface area (Å²) < 4.78 is 0. The first kappa shape index (κ1) is 13.4. The summed E-state index contributed by atoms with van der Waals surface area (Å²) in [6.45, 7) is 4.11. The van der Waals surface area contributed by atoms with E-state index in [1.807, 2.05) is 36.4 Å². The molecule has 2 aromatic carbocycles. The fourth-order valence-electron chi connectivity index (χ4n) is 1.50. The average Bonchev–Trinajstić information content (AvgIpc) is 2.44. The van der Waals surface area contributed by atoms with E-state index in [-0.39, 0.29) is 0 Å². The minimum atomic E-state index is 0.408. The molecule has 2 aromatic rings. The molecular formula is C16H13ClNO. The first-order valence-electron chi connectivity index (χ1n) is 5.83. The lowest BCUT2D eigenvalue weighted by Crippen LogP contribution is -1.88. The minimum Gasteiger partial charge on any atom is -0.390 e. The van der Waals surface area contributed by atoms with Gasteiger partial charge in [-0.3, -0.25) is 0 Å². The summed E-state index contributed by atoms with van der Waals surface area (Å²) in [6, 6.07) is 15.2. The Morgan fingerprint density at radius 3 is 2.68 bits per heavy atom. The molecule has 0 fully saturated rings. The molecule has 0 atom stereocenters. The highest BCUT2D eigenvalue weighted by atomic mass is 35.5. The molecule has 0 aliphatic heterocycles. The molecule has 0 spiro atoms. The van der Waals surface area contributed by atoms with Crippen molar-refractivity contribution in [3.63, 3.8) is 0 Å². The molecule has 0 aromatic heterocycles. The molecule has 0 bridgehead atoms. The van der Waals surface area contributed by atoms with Gasteiger partial charge in [-0.15, -0.1) is 0 Å². The van der Waals surface area contributed by atoms with E-state index in [2.05, 4.69) is 17.9 Å². The summed E-state index contributed by atoms with van der Waals surface area (Å²) >= 11 is 5.85. The Morgan fingerprint density at radius 1 is 1.21 bits per heavy atom. The van der Waals surface area contributed by atoms with Gasteiger partial charge in [0.25, 0.3) is 0 Å². The first-order valence-corrected chi connectivity index (χ1v) is 6.21. The lowest BCUT2D eigenvalue weighted by molar-refractivity contribution is 0.132. The number of hydrogen-bond acceptors (Lipinski definition) is 2. The molecule has 0 aliphatic rings. The van der Waals surface area contributed by atoms with E-state index in [9.17, 15) is 0 Å². The zero-order valence-electron chi connectivity index (χ0n) is 10.3. The number of hydrogen-bond donors (Lipinski definition) is 0. The van der Waals surface area contributed by atoms with Crippen molar-refractivity contribution < 1.29 is 4.84 Å². The Kier molecular flexibility index (Phi) is 4.76. The van der Waals surface area contributed by atoms with Crippen LogP contribution in [0.3, 0.4) is 0 Å². The highest BCUT2D eigenvalue weighted by Crippen LogP contribution is 2.09. The molecule has 0 saturated carbocycles. The predicted molar refractivity (Wildman–Crippen MR) is 79.3 cm³/mol. The lowest BCUT2D eigenvalue weighted by Gasteiger charge is -2.00. The largest absolute Gasteiger partial charge is 0.390 e. The van der Waals surface area contributed by atoms with Crippen molar-refractivity contribution in [2.45, 2.75) is 6.61 Å². The van der Waals surface area contributed by atoms with Gasteiger partial charge in [0, 0.05) is 10.6 Å². The highest BCUT2D eigenvalue weighted by Gasteiger charge is 1.93. The standard InChI is InChI=1S/C16H13ClNO/c1-2-13-6-8-14(9-7-13)12-19-18-11-15-4-3-5-16(17)10-15/h2-10H,1,12H2. The zero-order chi connectivity index (χ0) is 13.5. The Morgan fingerprint density at radius 2 is 2.00 bits per heavy atom. The van der Waals surface area contributed by atoms with Crippen molar-refractivity contribution in [3.8, 4) is 0 Å². The molecule has 19 heavy (non-hydrogen) atoms. The topological polar surface area (TPSA) is 21.6 Å². The van der Waals surface area contributed by atoms with Crippen LogP contribution >= 0.6 is 11.6 Å². The average molecular weight is 271 g/mol. The highest BCUT2D eigenvalue weighted by molar-refractivity contribution is 6.30. The second-order valence-electron chi connectivity index (χ2n) is 3.93. The molecule has 3 heteroatoms. The van der Waals surface area contributed by atoms with Crippen molar-refractivity contribution >= 4 is 23.9 Å². The zero-order valence-corrected chi connectivity index (χ0v) is 11.1. The van der Waals surface area contributed by atoms with E-state index in [0.717, 1.165) is 16.7 Å². The van der Waals surface area contributed by atoms with Crippen LogP contribution in [0.2, 0.25) is 5.02 Å². The van der Waals surface area contributed by atoms with Gasteiger partial charge < -0.3 is 4.84 Å². The molecule has 2 rings (SSSR count). The molecule has 0 amide bonds.